The summed E-state index contributed by atoms with van der Waals surface area (Å²) in [6, 6.07) is 1.31. The van der Waals surface area contributed by atoms with E-state index in [1.165, 1.54) is 15.8 Å². The van der Waals surface area contributed by atoms with Crippen LogP contribution in [0.2, 0.25) is 0 Å². The molecule has 1 aromatic heterocycles. The minimum Gasteiger partial charge on any atom is -0.478 e. The summed E-state index contributed by atoms with van der Waals surface area (Å²) in [5.74, 6) is -1.22. The first-order chi connectivity index (χ1) is 7.45. The van der Waals surface area contributed by atoms with Crippen LogP contribution >= 0.6 is 11.3 Å². The second kappa shape index (κ2) is 4.94. The molecule has 0 atom stereocenters. The zero-order valence-corrected chi connectivity index (χ0v) is 10.6. The second-order valence-corrected chi connectivity index (χ2v) is 6.07. The average Bonchev–Trinajstić information content (AvgIpc) is 2.67. The van der Waals surface area contributed by atoms with E-state index >= 15 is 0 Å². The third-order valence-corrected chi connectivity index (χ3v) is 5.65. The van der Waals surface area contributed by atoms with Gasteiger partial charge in [0.2, 0.25) is 0 Å². The molecule has 0 fully saturated rings. The lowest BCUT2D eigenvalue weighted by Crippen LogP contribution is -2.30. The van der Waals surface area contributed by atoms with Crippen LogP contribution in [0.25, 0.3) is 0 Å². The van der Waals surface area contributed by atoms with E-state index in [2.05, 4.69) is 0 Å². The molecule has 16 heavy (non-hydrogen) atoms. The Morgan fingerprint density at radius 1 is 1.44 bits per heavy atom. The van der Waals surface area contributed by atoms with Gasteiger partial charge in [0.15, 0.2) is 0 Å². The van der Waals surface area contributed by atoms with Gasteiger partial charge in [0.1, 0.15) is 4.21 Å². The first-order valence-electron chi connectivity index (χ1n) is 4.76. The molecule has 0 aliphatic carbocycles. The first kappa shape index (κ1) is 13.1. The molecule has 90 valence electrons. The molecule has 0 aromatic carbocycles. The molecule has 0 saturated heterocycles. The summed E-state index contributed by atoms with van der Waals surface area (Å²) in [5.41, 5.74) is -0.156. The second-order valence-electron chi connectivity index (χ2n) is 3.02. The van der Waals surface area contributed by atoms with Crippen molar-refractivity contribution in [1.82, 2.24) is 4.31 Å². The molecule has 0 aliphatic heterocycles. The van der Waals surface area contributed by atoms with Crippen molar-refractivity contribution in [3.8, 4) is 0 Å². The molecule has 0 amide bonds. The highest BCUT2D eigenvalue weighted by atomic mass is 32.2. The van der Waals surface area contributed by atoms with Crippen LogP contribution in [-0.4, -0.2) is 36.9 Å². The van der Waals surface area contributed by atoms with Gasteiger partial charge in [-0.1, -0.05) is 13.8 Å². The van der Waals surface area contributed by atoms with Gasteiger partial charge >= 0.3 is 5.97 Å². The molecule has 1 rings (SSSR count). The number of nitrogens with zero attached hydrogens (tertiary/aromatic N) is 1. The molecule has 1 aromatic rings. The van der Waals surface area contributed by atoms with Crippen LogP contribution in [0.3, 0.4) is 0 Å². The standard InChI is InChI=1S/C9H13NO4S2/c1-3-10(4-2)16(13,14)9-7(8(11)12)5-6-15-9/h5-6H,3-4H2,1-2H3,(H,11,12). The highest BCUT2D eigenvalue weighted by Crippen LogP contribution is 2.25. The summed E-state index contributed by atoms with van der Waals surface area (Å²) in [7, 11) is -3.66. The number of hydrogen-bond donors (Lipinski definition) is 1. The third kappa shape index (κ3) is 2.26. The highest BCUT2D eigenvalue weighted by Gasteiger charge is 2.28. The Balaban J connectivity index is 3.27. The van der Waals surface area contributed by atoms with Crippen molar-refractivity contribution in [2.24, 2.45) is 0 Å². The van der Waals surface area contributed by atoms with Gasteiger partial charge in [0.25, 0.3) is 10.0 Å². The molecule has 7 heteroatoms. The minimum absolute atomic E-state index is 0.0938. The SMILES string of the molecule is CCN(CC)S(=O)(=O)c1sccc1C(=O)O. The lowest BCUT2D eigenvalue weighted by molar-refractivity contribution is 0.0693. The maximum absolute atomic E-state index is 12.1. The minimum atomic E-state index is -3.66. The molecule has 5 nitrogen and oxygen atoms in total. The number of hydrogen-bond acceptors (Lipinski definition) is 4. The van der Waals surface area contributed by atoms with E-state index in [4.69, 9.17) is 5.11 Å². The van der Waals surface area contributed by atoms with Crippen LogP contribution in [0.15, 0.2) is 15.7 Å². The molecule has 0 spiro atoms. The van der Waals surface area contributed by atoms with E-state index in [9.17, 15) is 13.2 Å². The number of sulfonamides is 1. The van der Waals surface area contributed by atoms with E-state index in [0.29, 0.717) is 13.1 Å². The molecular weight excluding hydrogens is 250 g/mol. The Morgan fingerprint density at radius 3 is 2.44 bits per heavy atom. The number of aromatic carboxylic acids is 1. The van der Waals surface area contributed by atoms with E-state index in [1.54, 1.807) is 13.8 Å². The fourth-order valence-electron chi connectivity index (χ4n) is 1.33. The summed E-state index contributed by atoms with van der Waals surface area (Å²) in [6.07, 6.45) is 0. The van der Waals surface area contributed by atoms with Crippen LogP contribution in [0.4, 0.5) is 0 Å². The van der Waals surface area contributed by atoms with Gasteiger partial charge in [-0.15, -0.1) is 11.3 Å². The van der Waals surface area contributed by atoms with Crippen LogP contribution in [0, 0.1) is 0 Å². The Hall–Kier alpha value is -0.920. The lowest BCUT2D eigenvalue weighted by atomic mass is 10.4. The summed E-state index contributed by atoms with van der Waals surface area (Å²) in [6.45, 7) is 4.09. The van der Waals surface area contributed by atoms with Crippen molar-refractivity contribution in [3.63, 3.8) is 0 Å². The molecule has 1 heterocycles. The number of carboxylic acids is 1. The Bertz CT molecular complexity index is 473. The normalized spacial score (nSPS) is 11.9. The van der Waals surface area contributed by atoms with Crippen molar-refractivity contribution >= 4 is 27.3 Å². The molecule has 0 unspecified atom stereocenters. The van der Waals surface area contributed by atoms with Gasteiger partial charge in [0.05, 0.1) is 5.56 Å². The number of carboxylic acid groups (broad SMARTS) is 1. The van der Waals surface area contributed by atoms with E-state index in [1.807, 2.05) is 0 Å². The maximum atomic E-state index is 12.1. The smallest absolute Gasteiger partial charge is 0.337 e. The first-order valence-corrected chi connectivity index (χ1v) is 7.08. The van der Waals surface area contributed by atoms with E-state index in [0.717, 1.165) is 11.3 Å². The average molecular weight is 263 g/mol. The van der Waals surface area contributed by atoms with Crippen molar-refractivity contribution in [1.29, 1.82) is 0 Å². The van der Waals surface area contributed by atoms with Crippen molar-refractivity contribution in [2.45, 2.75) is 18.1 Å². The quantitative estimate of drug-likeness (QED) is 0.873. The maximum Gasteiger partial charge on any atom is 0.337 e. The van der Waals surface area contributed by atoms with Gasteiger partial charge < -0.3 is 5.11 Å². The molecule has 0 radical (unpaired) electrons. The van der Waals surface area contributed by atoms with Crippen LogP contribution in [-0.2, 0) is 10.0 Å². The van der Waals surface area contributed by atoms with Crippen molar-refractivity contribution in [3.05, 3.63) is 17.0 Å². The summed E-state index contributed by atoms with van der Waals surface area (Å²) < 4.78 is 25.3. The van der Waals surface area contributed by atoms with Gasteiger partial charge in [-0.3, -0.25) is 0 Å². The van der Waals surface area contributed by atoms with Gasteiger partial charge in [-0.25, -0.2) is 13.2 Å². The van der Waals surface area contributed by atoms with Crippen LogP contribution in [0.1, 0.15) is 24.2 Å². The molecule has 0 aliphatic rings. The number of thiophene rings is 1. The predicted molar refractivity (Wildman–Crippen MR) is 61.4 cm³/mol. The number of rotatable bonds is 5. The zero-order valence-electron chi connectivity index (χ0n) is 9.00. The highest BCUT2D eigenvalue weighted by molar-refractivity contribution is 7.91. The largest absolute Gasteiger partial charge is 0.478 e. The van der Waals surface area contributed by atoms with Crippen molar-refractivity contribution in [2.75, 3.05) is 13.1 Å². The molecular formula is C9H13NO4S2. The fraction of sp³-hybridized carbons (Fsp3) is 0.444. The Labute approximate surface area is 98.4 Å². The Morgan fingerprint density at radius 2 is 2.00 bits per heavy atom. The van der Waals surface area contributed by atoms with E-state index in [-0.39, 0.29) is 9.77 Å². The summed E-state index contributed by atoms with van der Waals surface area (Å²) >= 11 is 0.933. The zero-order chi connectivity index (χ0) is 12.3. The van der Waals surface area contributed by atoms with Gasteiger partial charge in [-0.2, -0.15) is 4.31 Å². The lowest BCUT2D eigenvalue weighted by Gasteiger charge is -2.17. The van der Waals surface area contributed by atoms with Crippen LogP contribution < -0.4 is 0 Å². The van der Waals surface area contributed by atoms with Crippen molar-refractivity contribution < 1.29 is 18.3 Å². The summed E-state index contributed by atoms with van der Waals surface area (Å²) in [5, 5.41) is 10.3. The fourth-order valence-corrected chi connectivity index (χ4v) is 4.26. The topological polar surface area (TPSA) is 74.7 Å². The summed E-state index contributed by atoms with van der Waals surface area (Å²) in [4.78, 5) is 10.9. The molecule has 0 saturated carbocycles. The van der Waals surface area contributed by atoms with Gasteiger partial charge in [-0.05, 0) is 11.4 Å². The predicted octanol–water partition coefficient (Wildman–Crippen LogP) is 1.48. The van der Waals surface area contributed by atoms with E-state index < -0.39 is 16.0 Å². The molecule has 1 N–H and O–H groups in total. The Kier molecular flexibility index (Phi) is 4.06. The third-order valence-electron chi connectivity index (χ3n) is 2.14. The monoisotopic (exact) mass is 263 g/mol. The number of carbonyl (C=O) groups is 1. The van der Waals surface area contributed by atoms with Crippen LogP contribution in [0.5, 0.6) is 0 Å². The van der Waals surface area contributed by atoms with Gasteiger partial charge in [0, 0.05) is 13.1 Å². The molecule has 0 bridgehead atoms.